The zero-order valence-electron chi connectivity index (χ0n) is 11.9. The van der Waals surface area contributed by atoms with Crippen molar-refractivity contribution in [3.63, 3.8) is 0 Å². The van der Waals surface area contributed by atoms with Gasteiger partial charge in [-0.15, -0.1) is 11.3 Å². The highest BCUT2D eigenvalue weighted by Gasteiger charge is 2.23. The van der Waals surface area contributed by atoms with Gasteiger partial charge in [0.2, 0.25) is 0 Å². The number of hydrogen-bond donors (Lipinski definition) is 2. The maximum absolute atomic E-state index is 10.9. The average molecular weight is 281 g/mol. The monoisotopic (exact) mass is 281 g/mol. The number of rotatable bonds is 4. The largest absolute Gasteiger partial charge is 0.477 e. The van der Waals surface area contributed by atoms with Crippen LogP contribution in [0.3, 0.4) is 0 Å². The van der Waals surface area contributed by atoms with E-state index in [2.05, 4.69) is 19.2 Å². The summed E-state index contributed by atoms with van der Waals surface area (Å²) in [5, 5.41) is 12.6. The summed E-state index contributed by atoms with van der Waals surface area (Å²) in [6.07, 6.45) is 3.80. The second-order valence-electron chi connectivity index (χ2n) is 5.99. The molecular weight excluding hydrogens is 258 g/mol. The van der Waals surface area contributed by atoms with E-state index in [0.717, 1.165) is 28.8 Å². The quantitative estimate of drug-likeness (QED) is 0.885. The van der Waals surface area contributed by atoms with Crippen LogP contribution in [0.5, 0.6) is 0 Å². The number of aryl methyl sites for hydroxylation is 1. The van der Waals surface area contributed by atoms with Gasteiger partial charge in [0, 0.05) is 17.5 Å². The molecule has 3 nitrogen and oxygen atoms in total. The molecule has 106 valence electrons. The third kappa shape index (κ3) is 3.80. The molecular formula is C15H23NO2S. The third-order valence-corrected chi connectivity index (χ3v) is 5.07. The van der Waals surface area contributed by atoms with E-state index in [4.69, 9.17) is 5.11 Å². The Morgan fingerprint density at radius 3 is 2.53 bits per heavy atom. The predicted molar refractivity (Wildman–Crippen MR) is 78.8 cm³/mol. The first-order valence-electron chi connectivity index (χ1n) is 7.01. The van der Waals surface area contributed by atoms with E-state index in [1.807, 2.05) is 13.0 Å². The van der Waals surface area contributed by atoms with Gasteiger partial charge in [-0.1, -0.05) is 13.8 Å². The number of carboxylic acids is 1. The van der Waals surface area contributed by atoms with Gasteiger partial charge < -0.3 is 10.4 Å². The Hall–Kier alpha value is -0.870. The van der Waals surface area contributed by atoms with E-state index in [0.29, 0.717) is 10.9 Å². The number of hydrogen-bond acceptors (Lipinski definition) is 3. The molecule has 1 saturated carbocycles. The lowest BCUT2D eigenvalue weighted by Gasteiger charge is -2.32. The first-order chi connectivity index (χ1) is 8.95. The van der Waals surface area contributed by atoms with E-state index in [1.165, 1.54) is 30.6 Å². The summed E-state index contributed by atoms with van der Waals surface area (Å²) in [5.41, 5.74) is 1.13. The van der Waals surface area contributed by atoms with Crippen LogP contribution < -0.4 is 5.32 Å². The number of carbonyl (C=O) groups is 1. The second-order valence-corrected chi connectivity index (χ2v) is 7.25. The van der Waals surface area contributed by atoms with E-state index in [-0.39, 0.29) is 0 Å². The van der Waals surface area contributed by atoms with Crippen LogP contribution in [0.15, 0.2) is 6.07 Å². The lowest BCUT2D eigenvalue weighted by molar-refractivity contribution is 0.0702. The predicted octanol–water partition coefficient (Wildman–Crippen LogP) is 3.67. The van der Waals surface area contributed by atoms with Crippen molar-refractivity contribution in [3.8, 4) is 0 Å². The molecule has 2 unspecified atom stereocenters. The highest BCUT2D eigenvalue weighted by Crippen LogP contribution is 2.29. The molecule has 0 bridgehead atoms. The zero-order chi connectivity index (χ0) is 14.0. The van der Waals surface area contributed by atoms with E-state index >= 15 is 0 Å². The Balaban J connectivity index is 1.93. The number of carboxylic acid groups (broad SMARTS) is 1. The highest BCUT2D eigenvalue weighted by atomic mass is 32.1. The van der Waals surface area contributed by atoms with Crippen molar-refractivity contribution in [2.24, 2.45) is 11.8 Å². The molecule has 2 N–H and O–H groups in total. The minimum atomic E-state index is -0.820. The Morgan fingerprint density at radius 1 is 1.37 bits per heavy atom. The fraction of sp³-hybridized carbons (Fsp3) is 0.667. The van der Waals surface area contributed by atoms with Crippen molar-refractivity contribution >= 4 is 17.3 Å². The van der Waals surface area contributed by atoms with Crippen LogP contribution in [0, 0.1) is 18.8 Å². The normalized spacial score (nSPS) is 27.4. The zero-order valence-corrected chi connectivity index (χ0v) is 12.7. The highest BCUT2D eigenvalue weighted by molar-refractivity contribution is 7.14. The summed E-state index contributed by atoms with van der Waals surface area (Å²) in [7, 11) is 0. The Morgan fingerprint density at radius 2 is 2.00 bits per heavy atom. The van der Waals surface area contributed by atoms with Crippen molar-refractivity contribution in [3.05, 3.63) is 21.4 Å². The molecule has 4 heteroatoms. The molecule has 1 fully saturated rings. The topological polar surface area (TPSA) is 49.3 Å². The van der Waals surface area contributed by atoms with Crippen LogP contribution in [0.2, 0.25) is 0 Å². The molecule has 19 heavy (non-hydrogen) atoms. The van der Waals surface area contributed by atoms with Gasteiger partial charge in [-0.05, 0) is 49.7 Å². The van der Waals surface area contributed by atoms with Gasteiger partial charge in [-0.3, -0.25) is 0 Å². The Kier molecular flexibility index (Phi) is 4.63. The van der Waals surface area contributed by atoms with Gasteiger partial charge in [0.05, 0.1) is 0 Å². The summed E-state index contributed by atoms with van der Waals surface area (Å²) in [5.74, 6) is 0.762. The Labute approximate surface area is 119 Å². The lowest BCUT2D eigenvalue weighted by Crippen LogP contribution is -2.35. The molecule has 1 aliphatic rings. The third-order valence-electron chi connectivity index (χ3n) is 3.99. The fourth-order valence-electron chi connectivity index (χ4n) is 3.17. The van der Waals surface area contributed by atoms with Crippen molar-refractivity contribution < 1.29 is 9.90 Å². The summed E-state index contributed by atoms with van der Waals surface area (Å²) in [6.45, 7) is 7.44. The van der Waals surface area contributed by atoms with Crippen molar-refractivity contribution in [2.75, 3.05) is 0 Å². The van der Waals surface area contributed by atoms with Crippen molar-refractivity contribution in [1.82, 2.24) is 5.32 Å². The minimum Gasteiger partial charge on any atom is -0.477 e. The van der Waals surface area contributed by atoms with E-state index < -0.39 is 5.97 Å². The first-order valence-corrected chi connectivity index (χ1v) is 7.83. The summed E-state index contributed by atoms with van der Waals surface area (Å²) < 4.78 is 0. The number of nitrogens with one attached hydrogen (secondary N) is 1. The first kappa shape index (κ1) is 14.5. The van der Waals surface area contributed by atoms with Crippen LogP contribution in [-0.2, 0) is 6.54 Å². The molecule has 1 aliphatic carbocycles. The minimum absolute atomic E-state index is 0.444. The van der Waals surface area contributed by atoms with Crippen LogP contribution in [0.4, 0.5) is 0 Å². The number of thiophene rings is 1. The maximum Gasteiger partial charge on any atom is 0.345 e. The van der Waals surface area contributed by atoms with Crippen LogP contribution in [0.25, 0.3) is 0 Å². The summed E-state index contributed by atoms with van der Waals surface area (Å²) >= 11 is 1.37. The molecule has 0 aromatic carbocycles. The molecule has 2 atom stereocenters. The van der Waals surface area contributed by atoms with Gasteiger partial charge in [0.25, 0.3) is 0 Å². The van der Waals surface area contributed by atoms with E-state index in [1.54, 1.807) is 0 Å². The Bertz CT molecular complexity index is 445. The van der Waals surface area contributed by atoms with Crippen LogP contribution in [0.1, 0.15) is 53.2 Å². The van der Waals surface area contributed by atoms with Gasteiger partial charge in [-0.25, -0.2) is 4.79 Å². The van der Waals surface area contributed by atoms with Crippen molar-refractivity contribution in [1.29, 1.82) is 0 Å². The molecule has 0 aliphatic heterocycles. The van der Waals surface area contributed by atoms with Crippen LogP contribution in [-0.4, -0.2) is 17.1 Å². The molecule has 2 rings (SSSR count). The molecule has 0 saturated heterocycles. The SMILES string of the molecule is Cc1sc(C(=O)O)cc1CNC1CC(C)CC(C)C1. The molecule has 1 aromatic heterocycles. The smallest absolute Gasteiger partial charge is 0.345 e. The molecule has 0 amide bonds. The molecule has 0 radical (unpaired) electrons. The van der Waals surface area contributed by atoms with Gasteiger partial charge in [0.1, 0.15) is 4.88 Å². The van der Waals surface area contributed by atoms with Gasteiger partial charge >= 0.3 is 5.97 Å². The average Bonchev–Trinajstić information content (AvgIpc) is 2.67. The van der Waals surface area contributed by atoms with Gasteiger partial charge in [-0.2, -0.15) is 0 Å². The van der Waals surface area contributed by atoms with Crippen molar-refractivity contribution in [2.45, 2.75) is 52.6 Å². The molecule has 1 heterocycles. The number of aromatic carboxylic acids is 1. The molecule has 1 aromatic rings. The summed E-state index contributed by atoms with van der Waals surface area (Å²) in [4.78, 5) is 12.5. The van der Waals surface area contributed by atoms with Gasteiger partial charge in [0.15, 0.2) is 0 Å². The second kappa shape index (κ2) is 6.06. The standard InChI is InChI=1S/C15H23NO2S/c1-9-4-10(2)6-13(5-9)16-8-12-7-14(15(17)18)19-11(12)3/h7,9-10,13,16H,4-6,8H2,1-3H3,(H,17,18). The fourth-order valence-corrected chi connectivity index (χ4v) is 4.05. The maximum atomic E-state index is 10.9. The van der Waals surface area contributed by atoms with E-state index in [9.17, 15) is 4.79 Å². The molecule has 0 spiro atoms. The van der Waals surface area contributed by atoms with Crippen LogP contribution >= 0.6 is 11.3 Å². The summed E-state index contributed by atoms with van der Waals surface area (Å²) in [6, 6.07) is 2.39. The lowest BCUT2D eigenvalue weighted by atomic mass is 9.80.